The van der Waals surface area contributed by atoms with Crippen LogP contribution in [0.4, 0.5) is 0 Å². The van der Waals surface area contributed by atoms with Crippen molar-refractivity contribution in [2.45, 2.75) is 84.7 Å². The molecule has 4 aliphatic rings. The minimum atomic E-state index is -0.119. The van der Waals surface area contributed by atoms with Gasteiger partial charge < -0.3 is 5.11 Å². The number of rotatable bonds is 4. The van der Waals surface area contributed by atoms with Crippen molar-refractivity contribution in [3.63, 3.8) is 0 Å². The molecule has 0 spiro atoms. The zero-order valence-corrected chi connectivity index (χ0v) is 19.1. The van der Waals surface area contributed by atoms with Gasteiger partial charge >= 0.3 is 0 Å². The van der Waals surface area contributed by atoms with E-state index >= 15 is 0 Å². The molecule has 1 aromatic heterocycles. The van der Waals surface area contributed by atoms with Crippen LogP contribution in [0.2, 0.25) is 0 Å². The van der Waals surface area contributed by atoms with Crippen molar-refractivity contribution in [3.05, 3.63) is 47.8 Å². The SMILES string of the molecule is CCCCC1C=C2CC(O)CC[C@]2(C)[C@@H]2CC[C@]3(C)C(c4cccnc4)=CC[C@H]3[C@H]12. The maximum atomic E-state index is 10.4. The van der Waals surface area contributed by atoms with Gasteiger partial charge in [-0.1, -0.05) is 57.4 Å². The third kappa shape index (κ3) is 3.05. The Morgan fingerprint density at radius 2 is 1.97 bits per heavy atom. The summed E-state index contributed by atoms with van der Waals surface area (Å²) in [6.07, 6.45) is 19.9. The number of unbranched alkanes of at least 4 members (excludes halogenated alkanes) is 1. The molecule has 0 amide bonds. The summed E-state index contributed by atoms with van der Waals surface area (Å²) in [7, 11) is 0. The van der Waals surface area contributed by atoms with E-state index < -0.39 is 0 Å². The highest BCUT2D eigenvalue weighted by atomic mass is 16.3. The fourth-order valence-corrected chi connectivity index (χ4v) is 8.06. The molecule has 30 heavy (non-hydrogen) atoms. The number of nitrogens with zero attached hydrogens (tertiary/aromatic N) is 1. The molecule has 2 unspecified atom stereocenters. The Hall–Kier alpha value is -1.41. The van der Waals surface area contributed by atoms with Crippen LogP contribution in [0.3, 0.4) is 0 Å². The highest BCUT2D eigenvalue weighted by molar-refractivity contribution is 5.72. The van der Waals surface area contributed by atoms with E-state index in [-0.39, 0.29) is 11.5 Å². The first-order valence-corrected chi connectivity index (χ1v) is 12.5. The van der Waals surface area contributed by atoms with Crippen molar-refractivity contribution in [2.24, 2.45) is 34.5 Å². The van der Waals surface area contributed by atoms with Gasteiger partial charge in [0.15, 0.2) is 0 Å². The smallest absolute Gasteiger partial charge is 0.0577 e. The van der Waals surface area contributed by atoms with E-state index in [9.17, 15) is 5.11 Å². The van der Waals surface area contributed by atoms with Crippen molar-refractivity contribution < 1.29 is 5.11 Å². The summed E-state index contributed by atoms with van der Waals surface area (Å²) in [6.45, 7) is 7.43. The third-order valence-corrected chi connectivity index (χ3v) is 9.69. The Labute approximate surface area is 182 Å². The lowest BCUT2D eigenvalue weighted by atomic mass is 9.45. The van der Waals surface area contributed by atoms with Crippen LogP contribution in [-0.2, 0) is 0 Å². The van der Waals surface area contributed by atoms with Crippen LogP contribution < -0.4 is 0 Å². The van der Waals surface area contributed by atoms with Crippen molar-refractivity contribution in [3.8, 4) is 0 Å². The number of allylic oxidation sites excluding steroid dienone is 3. The Bertz CT molecular complexity index is 841. The van der Waals surface area contributed by atoms with E-state index in [4.69, 9.17) is 0 Å². The number of pyridine rings is 1. The molecule has 0 aliphatic heterocycles. The number of fused-ring (bicyclic) bond motifs is 5. The van der Waals surface area contributed by atoms with Gasteiger partial charge in [-0.05, 0) is 96.7 Å². The fraction of sp³-hybridized carbons (Fsp3) is 0.679. The molecule has 2 saturated carbocycles. The maximum absolute atomic E-state index is 10.4. The molecule has 2 nitrogen and oxygen atoms in total. The van der Waals surface area contributed by atoms with E-state index in [1.165, 1.54) is 50.5 Å². The standard InChI is InChI=1S/C28H39NO/c1-4-5-7-19-16-21-17-22(30)11-13-27(21,2)25-12-14-28(3)23(9-10-24(28)26(19)25)20-8-6-15-29-18-20/h6,8-9,15-16,18-19,22,24-26,30H,4-5,7,10-14,17H2,1-3H3/t19?,22?,24-,25+,26-,27-,28+/m0/s1. The van der Waals surface area contributed by atoms with Gasteiger partial charge in [0.2, 0.25) is 0 Å². The fourth-order valence-electron chi connectivity index (χ4n) is 8.06. The molecule has 1 aromatic rings. The number of aromatic nitrogens is 1. The molecule has 1 heterocycles. The van der Waals surface area contributed by atoms with Crippen LogP contribution in [0.25, 0.3) is 5.57 Å². The Balaban J connectivity index is 1.53. The minimum Gasteiger partial charge on any atom is -0.393 e. The molecule has 162 valence electrons. The minimum absolute atomic E-state index is 0.119. The van der Waals surface area contributed by atoms with Gasteiger partial charge in [-0.2, -0.15) is 0 Å². The Morgan fingerprint density at radius 3 is 2.73 bits per heavy atom. The second-order valence-corrected chi connectivity index (χ2v) is 11.2. The van der Waals surface area contributed by atoms with Crippen molar-refractivity contribution in [2.75, 3.05) is 0 Å². The van der Waals surface area contributed by atoms with Crippen LogP contribution in [0.5, 0.6) is 0 Å². The number of aliphatic hydroxyl groups excluding tert-OH is 1. The average molecular weight is 406 g/mol. The normalized spacial score (nSPS) is 42.6. The van der Waals surface area contributed by atoms with E-state index in [0.29, 0.717) is 11.3 Å². The molecule has 0 saturated heterocycles. The molecule has 0 bridgehead atoms. The number of hydrogen-bond acceptors (Lipinski definition) is 2. The van der Waals surface area contributed by atoms with Gasteiger partial charge in [0, 0.05) is 12.4 Å². The lowest BCUT2D eigenvalue weighted by Crippen LogP contribution is -2.52. The van der Waals surface area contributed by atoms with Crippen molar-refractivity contribution in [1.82, 2.24) is 4.98 Å². The summed E-state index contributed by atoms with van der Waals surface area (Å²) in [5, 5.41) is 10.4. The first kappa shape index (κ1) is 20.5. The van der Waals surface area contributed by atoms with Gasteiger partial charge in [0.25, 0.3) is 0 Å². The van der Waals surface area contributed by atoms with E-state index in [1.54, 1.807) is 11.1 Å². The molecule has 0 aromatic carbocycles. The second-order valence-electron chi connectivity index (χ2n) is 11.2. The van der Waals surface area contributed by atoms with Crippen LogP contribution in [0.15, 0.2) is 42.3 Å². The summed E-state index contributed by atoms with van der Waals surface area (Å²) in [4.78, 5) is 4.43. The summed E-state index contributed by atoms with van der Waals surface area (Å²) in [5.74, 6) is 3.00. The lowest BCUT2D eigenvalue weighted by Gasteiger charge is -2.60. The van der Waals surface area contributed by atoms with Gasteiger partial charge in [0.1, 0.15) is 0 Å². The van der Waals surface area contributed by atoms with Crippen molar-refractivity contribution in [1.29, 1.82) is 0 Å². The maximum Gasteiger partial charge on any atom is 0.0577 e. The second kappa shape index (κ2) is 7.62. The quantitative estimate of drug-likeness (QED) is 0.558. The highest BCUT2D eigenvalue weighted by Crippen LogP contribution is 2.67. The summed E-state index contributed by atoms with van der Waals surface area (Å²) in [6, 6.07) is 4.35. The molecular formula is C28H39NO. The average Bonchev–Trinajstić information content (AvgIpc) is 3.10. The monoisotopic (exact) mass is 405 g/mol. The summed E-state index contributed by atoms with van der Waals surface area (Å²) < 4.78 is 0. The van der Waals surface area contributed by atoms with Crippen LogP contribution in [0, 0.1) is 34.5 Å². The largest absolute Gasteiger partial charge is 0.393 e. The number of hydrogen-bond donors (Lipinski definition) is 1. The Kier molecular flexibility index (Phi) is 5.21. The van der Waals surface area contributed by atoms with E-state index in [2.05, 4.69) is 56.2 Å². The molecule has 1 N–H and O–H groups in total. The van der Waals surface area contributed by atoms with E-state index in [0.717, 1.165) is 30.6 Å². The van der Waals surface area contributed by atoms with Crippen LogP contribution >= 0.6 is 0 Å². The first-order chi connectivity index (χ1) is 14.5. The molecule has 5 rings (SSSR count). The topological polar surface area (TPSA) is 33.1 Å². The number of aliphatic hydroxyl groups is 1. The predicted octanol–water partition coefficient (Wildman–Crippen LogP) is 6.81. The molecular weight excluding hydrogens is 366 g/mol. The van der Waals surface area contributed by atoms with Gasteiger partial charge in [0.05, 0.1) is 6.10 Å². The van der Waals surface area contributed by atoms with Crippen LogP contribution in [0.1, 0.15) is 84.1 Å². The molecule has 0 radical (unpaired) electrons. The lowest BCUT2D eigenvalue weighted by molar-refractivity contribution is -0.0476. The van der Waals surface area contributed by atoms with Gasteiger partial charge in [-0.25, -0.2) is 0 Å². The Morgan fingerprint density at radius 1 is 1.13 bits per heavy atom. The van der Waals surface area contributed by atoms with Crippen molar-refractivity contribution >= 4 is 5.57 Å². The van der Waals surface area contributed by atoms with E-state index in [1.807, 2.05) is 6.20 Å². The molecule has 2 fully saturated rings. The third-order valence-electron chi connectivity index (χ3n) is 9.69. The molecule has 7 atom stereocenters. The predicted molar refractivity (Wildman–Crippen MR) is 124 cm³/mol. The molecule has 2 heteroatoms. The zero-order chi connectivity index (χ0) is 20.9. The summed E-state index contributed by atoms with van der Waals surface area (Å²) in [5.41, 5.74) is 5.10. The van der Waals surface area contributed by atoms with Gasteiger partial charge in [-0.3, -0.25) is 4.98 Å². The highest BCUT2D eigenvalue weighted by Gasteiger charge is 2.58. The first-order valence-electron chi connectivity index (χ1n) is 12.5. The summed E-state index contributed by atoms with van der Waals surface area (Å²) >= 11 is 0. The molecule has 4 aliphatic carbocycles. The van der Waals surface area contributed by atoms with Gasteiger partial charge in [-0.15, -0.1) is 0 Å². The van der Waals surface area contributed by atoms with Crippen LogP contribution in [-0.4, -0.2) is 16.2 Å². The zero-order valence-electron chi connectivity index (χ0n) is 19.1.